The van der Waals surface area contributed by atoms with Gasteiger partial charge >= 0.3 is 0 Å². The second-order valence-corrected chi connectivity index (χ2v) is 11.1. The average Bonchev–Trinajstić information content (AvgIpc) is 2.81. The van der Waals surface area contributed by atoms with Gasteiger partial charge in [-0.05, 0) is 42.0 Å². The van der Waals surface area contributed by atoms with Gasteiger partial charge in [-0.3, -0.25) is 13.9 Å². The largest absolute Gasteiger partial charge is 0.354 e. The molecule has 7 nitrogen and oxygen atoms in total. The molecule has 0 fully saturated rings. The number of rotatable bonds is 12. The van der Waals surface area contributed by atoms with Gasteiger partial charge in [-0.15, -0.1) is 0 Å². The first-order chi connectivity index (χ1) is 16.5. The summed E-state index contributed by atoms with van der Waals surface area (Å²) in [5, 5.41) is 3.33. The molecule has 2 rings (SSSR count). The number of hydrogen-bond donors (Lipinski definition) is 1. The topological polar surface area (TPSA) is 86.8 Å². The molecule has 0 saturated carbocycles. The number of halogens is 1. The highest BCUT2D eigenvalue weighted by Crippen LogP contribution is 2.29. The minimum Gasteiger partial charge on any atom is -0.354 e. The fraction of sp³-hybridized carbons (Fsp3) is 0.462. The molecule has 0 aliphatic carbocycles. The first-order valence-corrected chi connectivity index (χ1v) is 14.1. The van der Waals surface area contributed by atoms with Crippen LogP contribution in [-0.2, 0) is 26.2 Å². The lowest BCUT2D eigenvalue weighted by Crippen LogP contribution is -2.52. The maximum Gasteiger partial charge on any atom is 0.244 e. The van der Waals surface area contributed by atoms with E-state index in [1.54, 1.807) is 30.3 Å². The Labute approximate surface area is 214 Å². The zero-order chi connectivity index (χ0) is 26.2. The van der Waals surface area contributed by atoms with E-state index in [9.17, 15) is 18.0 Å². The van der Waals surface area contributed by atoms with E-state index in [1.165, 1.54) is 4.90 Å². The Balaban J connectivity index is 2.50. The Morgan fingerprint density at radius 3 is 2.23 bits per heavy atom. The summed E-state index contributed by atoms with van der Waals surface area (Å²) in [5.74, 6) is -0.705. The molecule has 0 saturated heterocycles. The summed E-state index contributed by atoms with van der Waals surface area (Å²) < 4.78 is 26.8. The Morgan fingerprint density at radius 2 is 1.66 bits per heavy atom. The number of nitrogens with one attached hydrogen (secondary N) is 1. The molecule has 9 heteroatoms. The predicted molar refractivity (Wildman–Crippen MR) is 142 cm³/mol. The van der Waals surface area contributed by atoms with E-state index in [-0.39, 0.29) is 18.4 Å². The molecule has 0 aliphatic rings. The summed E-state index contributed by atoms with van der Waals surface area (Å²) in [5.41, 5.74) is 1.95. The van der Waals surface area contributed by atoms with Crippen LogP contribution in [0.15, 0.2) is 48.5 Å². The number of benzene rings is 2. The molecule has 0 spiro atoms. The molecule has 0 aromatic heterocycles. The molecule has 0 bridgehead atoms. The number of hydrogen-bond acceptors (Lipinski definition) is 4. The van der Waals surface area contributed by atoms with Gasteiger partial charge in [-0.25, -0.2) is 8.42 Å². The van der Waals surface area contributed by atoms with E-state index in [2.05, 4.69) is 5.32 Å². The van der Waals surface area contributed by atoms with E-state index in [1.807, 2.05) is 45.9 Å². The molecule has 35 heavy (non-hydrogen) atoms. The van der Waals surface area contributed by atoms with Crippen molar-refractivity contribution in [2.45, 2.75) is 59.0 Å². The summed E-state index contributed by atoms with van der Waals surface area (Å²) in [6, 6.07) is 13.5. The van der Waals surface area contributed by atoms with Crippen LogP contribution < -0.4 is 9.62 Å². The van der Waals surface area contributed by atoms with Crippen LogP contribution >= 0.6 is 11.6 Å². The van der Waals surface area contributed by atoms with Crippen LogP contribution in [0.2, 0.25) is 5.02 Å². The molecule has 1 N–H and O–H groups in total. The molecule has 0 radical (unpaired) electrons. The predicted octanol–water partition coefficient (Wildman–Crippen LogP) is 4.56. The summed E-state index contributed by atoms with van der Waals surface area (Å²) in [6.07, 6.45) is 2.21. The van der Waals surface area contributed by atoms with Crippen LogP contribution in [0.3, 0.4) is 0 Å². The fourth-order valence-electron chi connectivity index (χ4n) is 3.89. The van der Waals surface area contributed by atoms with E-state index in [4.69, 9.17) is 11.6 Å². The fourth-order valence-corrected chi connectivity index (χ4v) is 4.96. The minimum absolute atomic E-state index is 0.0491. The zero-order valence-electron chi connectivity index (χ0n) is 21.1. The maximum absolute atomic E-state index is 13.7. The number of para-hydroxylation sites is 1. The number of carbonyl (C=O) groups is 2. The summed E-state index contributed by atoms with van der Waals surface area (Å²) in [7, 11) is -3.79. The van der Waals surface area contributed by atoms with Crippen molar-refractivity contribution in [3.8, 4) is 0 Å². The number of amides is 2. The first kappa shape index (κ1) is 28.7. The number of nitrogens with zero attached hydrogens (tertiary/aromatic N) is 2. The number of sulfonamides is 1. The van der Waals surface area contributed by atoms with Crippen molar-refractivity contribution in [3.63, 3.8) is 0 Å². The quantitative estimate of drug-likeness (QED) is 0.443. The van der Waals surface area contributed by atoms with Crippen molar-refractivity contribution in [1.82, 2.24) is 10.2 Å². The molecule has 192 valence electrons. The molecule has 2 aromatic rings. The molecular weight excluding hydrogens is 486 g/mol. The second kappa shape index (κ2) is 12.9. The van der Waals surface area contributed by atoms with Crippen LogP contribution in [-0.4, -0.2) is 50.5 Å². The first-order valence-electron chi connectivity index (χ1n) is 11.9. The van der Waals surface area contributed by atoms with Crippen molar-refractivity contribution in [3.05, 3.63) is 64.7 Å². The van der Waals surface area contributed by atoms with Crippen molar-refractivity contribution in [2.75, 3.05) is 23.7 Å². The van der Waals surface area contributed by atoms with Crippen molar-refractivity contribution >= 4 is 39.1 Å². The monoisotopic (exact) mass is 521 g/mol. The van der Waals surface area contributed by atoms with Crippen LogP contribution in [0.5, 0.6) is 0 Å². The van der Waals surface area contributed by atoms with Crippen LogP contribution in [0.25, 0.3) is 0 Å². The Bertz CT molecular complexity index is 1120. The van der Waals surface area contributed by atoms with Gasteiger partial charge in [0.2, 0.25) is 21.8 Å². The third kappa shape index (κ3) is 7.70. The highest BCUT2D eigenvalue weighted by atomic mass is 35.5. The van der Waals surface area contributed by atoms with Crippen LogP contribution in [0.1, 0.15) is 57.6 Å². The van der Waals surface area contributed by atoms with Crippen LogP contribution in [0, 0.1) is 0 Å². The van der Waals surface area contributed by atoms with Crippen molar-refractivity contribution in [2.24, 2.45) is 0 Å². The smallest absolute Gasteiger partial charge is 0.244 e. The maximum atomic E-state index is 13.7. The van der Waals surface area contributed by atoms with E-state index in [0.29, 0.717) is 29.2 Å². The van der Waals surface area contributed by atoms with Gasteiger partial charge in [-0.1, -0.05) is 75.7 Å². The summed E-state index contributed by atoms with van der Waals surface area (Å²) >= 11 is 6.37. The SMILES string of the molecule is CCCNC(=O)[C@@H](CC)N(Cc1ccccc1Cl)C(=O)CN(c1ccccc1C(C)C)S(C)(=O)=O. The summed E-state index contributed by atoms with van der Waals surface area (Å²) in [6.45, 7) is 7.85. The lowest BCUT2D eigenvalue weighted by atomic mass is 10.0. The summed E-state index contributed by atoms with van der Waals surface area (Å²) in [4.78, 5) is 28.2. The van der Waals surface area contributed by atoms with Gasteiger partial charge in [0, 0.05) is 18.1 Å². The molecule has 0 heterocycles. The number of anilines is 1. The lowest BCUT2D eigenvalue weighted by Gasteiger charge is -2.33. The van der Waals surface area contributed by atoms with E-state index in [0.717, 1.165) is 22.5 Å². The minimum atomic E-state index is -3.79. The highest BCUT2D eigenvalue weighted by Gasteiger charge is 2.32. The number of carbonyl (C=O) groups excluding carboxylic acids is 2. The Hall–Kier alpha value is -2.58. The Kier molecular flexibility index (Phi) is 10.6. The highest BCUT2D eigenvalue weighted by molar-refractivity contribution is 7.92. The third-order valence-corrected chi connectivity index (χ3v) is 7.24. The average molecular weight is 522 g/mol. The normalized spacial score (nSPS) is 12.3. The van der Waals surface area contributed by atoms with Gasteiger partial charge < -0.3 is 10.2 Å². The molecule has 0 unspecified atom stereocenters. The van der Waals surface area contributed by atoms with Crippen molar-refractivity contribution < 1.29 is 18.0 Å². The molecule has 2 aromatic carbocycles. The van der Waals surface area contributed by atoms with Gasteiger partial charge in [0.15, 0.2) is 0 Å². The van der Waals surface area contributed by atoms with E-state index < -0.39 is 28.5 Å². The van der Waals surface area contributed by atoms with Gasteiger partial charge in [0.1, 0.15) is 12.6 Å². The second-order valence-electron chi connectivity index (χ2n) is 8.81. The third-order valence-electron chi connectivity index (χ3n) is 5.74. The van der Waals surface area contributed by atoms with Gasteiger partial charge in [0.05, 0.1) is 11.9 Å². The Morgan fingerprint density at radius 1 is 1.03 bits per heavy atom. The standard InChI is InChI=1S/C26H36ClN3O4S/c1-6-16-28-26(32)23(7-2)29(17-20-12-8-10-14-22(20)27)25(31)18-30(35(5,33)34)24-15-11-9-13-21(24)19(3)4/h8-15,19,23H,6-7,16-18H2,1-5H3,(H,28,32)/t23-/m1/s1. The molecule has 2 amide bonds. The molecular formula is C26H36ClN3O4S. The van der Waals surface area contributed by atoms with E-state index >= 15 is 0 Å². The zero-order valence-corrected chi connectivity index (χ0v) is 22.7. The van der Waals surface area contributed by atoms with Gasteiger partial charge in [-0.2, -0.15) is 0 Å². The van der Waals surface area contributed by atoms with Crippen molar-refractivity contribution in [1.29, 1.82) is 0 Å². The van der Waals surface area contributed by atoms with Gasteiger partial charge in [0.25, 0.3) is 0 Å². The van der Waals surface area contributed by atoms with Crippen LogP contribution in [0.4, 0.5) is 5.69 Å². The molecule has 1 atom stereocenters. The molecule has 0 aliphatic heterocycles. The lowest BCUT2D eigenvalue weighted by molar-refractivity contribution is -0.140.